The van der Waals surface area contributed by atoms with Crippen LogP contribution in [0, 0.1) is 12.1 Å². The maximum atomic E-state index is 5.97. The van der Waals surface area contributed by atoms with Crippen molar-refractivity contribution in [3.05, 3.63) is 152 Å². The molecule has 0 atom stereocenters. The van der Waals surface area contributed by atoms with E-state index in [1.165, 1.54) is 0 Å². The van der Waals surface area contributed by atoms with Crippen LogP contribution in [0.15, 0.2) is 132 Å². The quantitative estimate of drug-likeness (QED) is 0.159. The van der Waals surface area contributed by atoms with Crippen LogP contribution in [0.4, 0.5) is 17.5 Å². The second-order valence-electron chi connectivity index (χ2n) is 14.2. The molecule has 9 heteroatoms. The van der Waals surface area contributed by atoms with Crippen LogP contribution in [0.25, 0.3) is 38.9 Å². The van der Waals surface area contributed by atoms with Gasteiger partial charge in [-0.3, -0.25) is 4.90 Å². The van der Waals surface area contributed by atoms with Gasteiger partial charge in [-0.05, 0) is 30.0 Å². The van der Waals surface area contributed by atoms with Crippen LogP contribution in [0.5, 0.6) is 0 Å². The van der Waals surface area contributed by atoms with Gasteiger partial charge in [-0.25, -0.2) is 9.97 Å². The molecular formula is C43H39IrN7O-2. The average molecular weight is 862 g/mol. The summed E-state index contributed by atoms with van der Waals surface area (Å²) < 4.78 is 7.95. The molecule has 0 saturated carbocycles. The molecule has 0 spiro atoms. The smallest absolute Gasteiger partial charge is 0.237 e. The number of pyridine rings is 1. The Labute approximate surface area is 318 Å². The number of fused-ring (bicyclic) bond motifs is 3. The molecular weight excluding hydrogens is 823 g/mol. The standard InChI is InChI=1S/C26H29N6.C17H10NO.Ir/c1-25(2,3)22-28-23(26(4,5)6)30-24(29-22)32(20-15-11-8-12-16-20)21-17-31(18-27-21)19-13-9-7-10-14-19;1-2-10-16-12(6-1)13-7-5-8-14(17(13)19-16)15-9-3-4-11-18-15;/h7-15,17-18H,1-6H3;1-7,9-11H;/q2*-1;. The molecule has 0 saturated heterocycles. The number of hydrogen-bond donors (Lipinski definition) is 0. The van der Waals surface area contributed by atoms with Crippen LogP contribution in [-0.2, 0) is 30.9 Å². The fourth-order valence-corrected chi connectivity index (χ4v) is 5.55. The van der Waals surface area contributed by atoms with Crippen molar-refractivity contribution < 1.29 is 24.5 Å². The van der Waals surface area contributed by atoms with E-state index in [-0.39, 0.29) is 30.9 Å². The summed E-state index contributed by atoms with van der Waals surface area (Å²) in [5.41, 5.74) is 4.93. The molecule has 4 aromatic carbocycles. The van der Waals surface area contributed by atoms with Gasteiger partial charge in [-0.15, -0.1) is 24.3 Å². The third kappa shape index (κ3) is 7.71. The van der Waals surface area contributed by atoms with Crippen LogP contribution in [0.3, 0.4) is 0 Å². The average Bonchev–Trinajstić information content (AvgIpc) is 3.78. The third-order valence-corrected chi connectivity index (χ3v) is 8.21. The van der Waals surface area contributed by atoms with E-state index < -0.39 is 0 Å². The van der Waals surface area contributed by atoms with Crippen molar-refractivity contribution in [3.8, 4) is 16.9 Å². The molecule has 8 aromatic rings. The van der Waals surface area contributed by atoms with Crippen LogP contribution < -0.4 is 4.90 Å². The van der Waals surface area contributed by atoms with Gasteiger partial charge < -0.3 is 14.0 Å². The fourth-order valence-electron chi connectivity index (χ4n) is 5.55. The number of benzene rings is 4. The third-order valence-electron chi connectivity index (χ3n) is 8.21. The summed E-state index contributed by atoms with van der Waals surface area (Å²) in [6, 6.07) is 42.3. The molecule has 8 rings (SSSR count). The molecule has 8 nitrogen and oxygen atoms in total. The Hall–Kier alpha value is -5.50. The minimum atomic E-state index is -0.229. The minimum absolute atomic E-state index is 0. The summed E-state index contributed by atoms with van der Waals surface area (Å²) in [4.78, 5) is 25.6. The predicted octanol–water partition coefficient (Wildman–Crippen LogP) is 10.4. The molecule has 0 N–H and O–H groups in total. The van der Waals surface area contributed by atoms with Crippen LogP contribution in [-0.4, -0.2) is 29.5 Å². The maximum Gasteiger partial charge on any atom is 0.237 e. The topological polar surface area (TPSA) is 85.8 Å². The van der Waals surface area contributed by atoms with Gasteiger partial charge in [0.15, 0.2) is 5.82 Å². The zero-order valence-electron chi connectivity index (χ0n) is 30.0. The van der Waals surface area contributed by atoms with Gasteiger partial charge in [0.2, 0.25) is 5.95 Å². The molecule has 0 aliphatic heterocycles. The molecule has 4 heterocycles. The van der Waals surface area contributed by atoms with Gasteiger partial charge in [-0.1, -0.05) is 107 Å². The van der Waals surface area contributed by atoms with Crippen LogP contribution >= 0.6 is 0 Å². The van der Waals surface area contributed by atoms with Crippen molar-refractivity contribution in [1.82, 2.24) is 29.5 Å². The largest absolute Gasteiger partial charge is 0.501 e. The Balaban J connectivity index is 0.000000197. The summed E-state index contributed by atoms with van der Waals surface area (Å²) in [5.74, 6) is 2.74. The first-order valence-electron chi connectivity index (χ1n) is 16.9. The summed E-state index contributed by atoms with van der Waals surface area (Å²) in [6.45, 7) is 12.7. The van der Waals surface area contributed by atoms with E-state index in [9.17, 15) is 0 Å². The van der Waals surface area contributed by atoms with E-state index in [1.807, 2.05) is 119 Å². The zero-order chi connectivity index (χ0) is 35.6. The number of rotatable bonds is 5. The van der Waals surface area contributed by atoms with Crippen molar-refractivity contribution in [1.29, 1.82) is 0 Å². The Morgan fingerprint density at radius 3 is 2.02 bits per heavy atom. The molecule has 0 amide bonds. The number of anilines is 3. The number of imidazole rings is 1. The Bertz CT molecular complexity index is 2360. The Morgan fingerprint density at radius 2 is 1.35 bits per heavy atom. The number of furan rings is 1. The van der Waals surface area contributed by atoms with Crippen LogP contribution in [0.2, 0.25) is 0 Å². The van der Waals surface area contributed by atoms with Crippen molar-refractivity contribution >= 4 is 39.4 Å². The maximum absolute atomic E-state index is 5.97. The van der Waals surface area contributed by atoms with Gasteiger partial charge >= 0.3 is 0 Å². The summed E-state index contributed by atoms with van der Waals surface area (Å²) >= 11 is 0. The molecule has 4 aromatic heterocycles. The molecule has 0 aliphatic carbocycles. The minimum Gasteiger partial charge on any atom is -0.501 e. The second-order valence-corrected chi connectivity index (χ2v) is 14.2. The van der Waals surface area contributed by atoms with E-state index in [0.717, 1.165) is 56.2 Å². The van der Waals surface area contributed by atoms with Gasteiger partial charge in [0, 0.05) is 48.2 Å². The van der Waals surface area contributed by atoms with Crippen molar-refractivity contribution in [2.75, 3.05) is 4.90 Å². The Morgan fingerprint density at radius 1 is 0.654 bits per heavy atom. The van der Waals surface area contributed by atoms with E-state index in [0.29, 0.717) is 11.8 Å². The summed E-state index contributed by atoms with van der Waals surface area (Å²) in [6.07, 6.45) is 5.56. The summed E-state index contributed by atoms with van der Waals surface area (Å²) in [7, 11) is 0. The number of para-hydroxylation sites is 3. The zero-order valence-corrected chi connectivity index (χ0v) is 32.4. The number of hydrogen-bond acceptors (Lipinski definition) is 7. The van der Waals surface area contributed by atoms with Crippen molar-refractivity contribution in [2.45, 2.75) is 52.4 Å². The van der Waals surface area contributed by atoms with Crippen molar-refractivity contribution in [2.24, 2.45) is 0 Å². The molecule has 0 unspecified atom stereocenters. The summed E-state index contributed by atoms with van der Waals surface area (Å²) in [5, 5.41) is 2.23. The molecule has 1 radical (unpaired) electrons. The van der Waals surface area contributed by atoms with E-state index in [2.05, 4.69) is 64.7 Å². The first-order chi connectivity index (χ1) is 24.6. The first-order valence-corrected chi connectivity index (χ1v) is 16.9. The normalized spacial score (nSPS) is 11.5. The molecule has 0 fully saturated rings. The van der Waals surface area contributed by atoms with Gasteiger partial charge in [0.05, 0.1) is 11.8 Å². The SMILES string of the molecule is CC(C)(C)c1nc(N(c2[c-]cccc2)c2cn(-c3ccccc3)cn2)nc(C(C)(C)C)n1.[Ir].[c-]1ccc2c(oc3ccccc32)c1-c1ccccn1. The Kier molecular flexibility index (Phi) is 10.5. The molecule has 263 valence electrons. The van der Waals surface area contributed by atoms with Gasteiger partial charge in [-0.2, -0.15) is 34.2 Å². The molecule has 0 bridgehead atoms. The second kappa shape index (κ2) is 15.0. The van der Waals surface area contributed by atoms with Crippen molar-refractivity contribution in [3.63, 3.8) is 0 Å². The molecule has 0 aliphatic rings. The van der Waals surface area contributed by atoms with Crippen LogP contribution in [0.1, 0.15) is 53.2 Å². The van der Waals surface area contributed by atoms with E-state index >= 15 is 0 Å². The monoisotopic (exact) mass is 862 g/mol. The number of nitrogens with zero attached hydrogens (tertiary/aromatic N) is 7. The van der Waals surface area contributed by atoms with Gasteiger partial charge in [0.25, 0.3) is 0 Å². The van der Waals surface area contributed by atoms with E-state index in [1.54, 1.807) is 12.5 Å². The fraction of sp³-hybridized carbons (Fsp3) is 0.186. The van der Waals surface area contributed by atoms with Gasteiger partial charge in [0.1, 0.15) is 23.6 Å². The molecule has 52 heavy (non-hydrogen) atoms. The van der Waals surface area contributed by atoms with E-state index in [4.69, 9.17) is 24.4 Å². The predicted molar refractivity (Wildman–Crippen MR) is 204 cm³/mol. The number of aromatic nitrogens is 6. The first kappa shape index (κ1) is 36.3.